The predicted octanol–water partition coefficient (Wildman–Crippen LogP) is 4.44. The van der Waals surface area contributed by atoms with Crippen LogP contribution in [-0.4, -0.2) is 7.11 Å². The van der Waals surface area contributed by atoms with Gasteiger partial charge in [0.1, 0.15) is 11.6 Å². The Balaban J connectivity index is 2.05. The number of halogens is 1. The van der Waals surface area contributed by atoms with Gasteiger partial charge < -0.3 is 10.5 Å². The van der Waals surface area contributed by atoms with Crippen LogP contribution in [0, 0.1) is 17.7 Å². The molecule has 1 aliphatic rings. The smallest absolute Gasteiger partial charge is 0.123 e. The fourth-order valence-corrected chi connectivity index (χ4v) is 3.46. The minimum Gasteiger partial charge on any atom is -0.496 e. The highest BCUT2D eigenvalue weighted by atomic mass is 19.1. The molecule has 112 valence electrons. The van der Waals surface area contributed by atoms with Crippen molar-refractivity contribution in [2.75, 3.05) is 7.11 Å². The molecule has 0 saturated heterocycles. The molecule has 0 heterocycles. The molecular formula is C17H26FNO. The molecule has 2 N–H and O–H groups in total. The van der Waals surface area contributed by atoms with Gasteiger partial charge in [-0.2, -0.15) is 0 Å². The molecule has 20 heavy (non-hydrogen) atoms. The van der Waals surface area contributed by atoms with Gasteiger partial charge in [0, 0.05) is 11.6 Å². The summed E-state index contributed by atoms with van der Waals surface area (Å²) in [7, 11) is 1.61. The summed E-state index contributed by atoms with van der Waals surface area (Å²) >= 11 is 0. The maximum atomic E-state index is 13.5. The Morgan fingerprint density at radius 3 is 2.60 bits per heavy atom. The maximum absolute atomic E-state index is 13.5. The summed E-state index contributed by atoms with van der Waals surface area (Å²) in [4.78, 5) is 0. The van der Waals surface area contributed by atoms with E-state index in [-0.39, 0.29) is 11.9 Å². The van der Waals surface area contributed by atoms with E-state index in [0.717, 1.165) is 24.3 Å². The zero-order valence-corrected chi connectivity index (χ0v) is 12.6. The molecule has 3 heteroatoms. The van der Waals surface area contributed by atoms with Crippen molar-refractivity contribution in [1.29, 1.82) is 0 Å². The monoisotopic (exact) mass is 279 g/mol. The number of benzene rings is 1. The summed E-state index contributed by atoms with van der Waals surface area (Å²) in [6.45, 7) is 2.25. The Labute approximate surface area is 121 Å². The third kappa shape index (κ3) is 3.51. The molecule has 0 bridgehead atoms. The molecule has 1 unspecified atom stereocenters. The molecule has 1 aliphatic carbocycles. The quantitative estimate of drug-likeness (QED) is 0.864. The summed E-state index contributed by atoms with van der Waals surface area (Å²) in [5.74, 6) is 1.77. The van der Waals surface area contributed by atoms with E-state index in [1.54, 1.807) is 13.2 Å². The minimum atomic E-state index is -0.240. The van der Waals surface area contributed by atoms with Crippen molar-refractivity contribution in [2.45, 2.75) is 51.5 Å². The van der Waals surface area contributed by atoms with Crippen molar-refractivity contribution in [3.8, 4) is 5.75 Å². The molecule has 0 spiro atoms. The highest BCUT2D eigenvalue weighted by Gasteiger charge is 2.27. The first-order valence-corrected chi connectivity index (χ1v) is 7.74. The van der Waals surface area contributed by atoms with Crippen LogP contribution in [0.5, 0.6) is 5.75 Å². The lowest BCUT2D eigenvalue weighted by atomic mass is 9.75. The Morgan fingerprint density at radius 1 is 1.30 bits per heavy atom. The van der Waals surface area contributed by atoms with E-state index >= 15 is 0 Å². The van der Waals surface area contributed by atoms with Gasteiger partial charge in [0.15, 0.2) is 0 Å². The normalized spacial score (nSPS) is 24.4. The van der Waals surface area contributed by atoms with Crippen molar-refractivity contribution in [3.05, 3.63) is 29.6 Å². The summed E-state index contributed by atoms with van der Waals surface area (Å²) in [6.07, 6.45) is 7.38. The summed E-state index contributed by atoms with van der Waals surface area (Å²) in [5, 5.41) is 0. The topological polar surface area (TPSA) is 35.2 Å². The zero-order chi connectivity index (χ0) is 14.5. The molecular weight excluding hydrogens is 253 g/mol. The Bertz CT molecular complexity index is 427. The summed E-state index contributed by atoms with van der Waals surface area (Å²) in [6, 6.07) is 4.51. The van der Waals surface area contributed by atoms with Gasteiger partial charge in [0.2, 0.25) is 0 Å². The van der Waals surface area contributed by atoms with Crippen LogP contribution in [0.2, 0.25) is 0 Å². The van der Waals surface area contributed by atoms with E-state index in [0.29, 0.717) is 11.7 Å². The largest absolute Gasteiger partial charge is 0.496 e. The summed E-state index contributed by atoms with van der Waals surface area (Å²) in [5.41, 5.74) is 7.20. The molecule has 0 aliphatic heterocycles. The second-order valence-corrected chi connectivity index (χ2v) is 5.98. The van der Waals surface area contributed by atoms with Crippen molar-refractivity contribution in [1.82, 2.24) is 0 Å². The number of ether oxygens (including phenoxy) is 1. The van der Waals surface area contributed by atoms with Crippen LogP contribution in [0.1, 0.15) is 57.1 Å². The average Bonchev–Trinajstić information content (AvgIpc) is 2.47. The Morgan fingerprint density at radius 2 is 2.00 bits per heavy atom. The first-order valence-electron chi connectivity index (χ1n) is 7.74. The number of hydrogen-bond donors (Lipinski definition) is 1. The van der Waals surface area contributed by atoms with Gasteiger partial charge >= 0.3 is 0 Å². The highest BCUT2D eigenvalue weighted by molar-refractivity contribution is 5.36. The lowest BCUT2D eigenvalue weighted by Gasteiger charge is -2.32. The molecule has 1 aromatic carbocycles. The van der Waals surface area contributed by atoms with E-state index in [1.807, 2.05) is 0 Å². The van der Waals surface area contributed by atoms with Crippen LogP contribution in [0.3, 0.4) is 0 Å². The third-order valence-corrected chi connectivity index (χ3v) is 4.65. The molecule has 0 amide bonds. The van der Waals surface area contributed by atoms with Gasteiger partial charge in [-0.15, -0.1) is 0 Å². The third-order valence-electron chi connectivity index (χ3n) is 4.65. The molecule has 2 nitrogen and oxygen atoms in total. The van der Waals surface area contributed by atoms with Gasteiger partial charge in [0.05, 0.1) is 7.11 Å². The van der Waals surface area contributed by atoms with Gasteiger partial charge in [0.25, 0.3) is 0 Å². The van der Waals surface area contributed by atoms with Crippen LogP contribution in [0.15, 0.2) is 18.2 Å². The van der Waals surface area contributed by atoms with E-state index in [2.05, 4.69) is 6.92 Å². The van der Waals surface area contributed by atoms with Crippen LogP contribution < -0.4 is 10.5 Å². The van der Waals surface area contributed by atoms with Crippen LogP contribution in [-0.2, 0) is 0 Å². The minimum absolute atomic E-state index is 0.122. The lowest BCUT2D eigenvalue weighted by molar-refractivity contribution is 0.232. The lowest BCUT2D eigenvalue weighted by Crippen LogP contribution is -2.26. The van der Waals surface area contributed by atoms with Gasteiger partial charge in [-0.25, -0.2) is 4.39 Å². The van der Waals surface area contributed by atoms with E-state index < -0.39 is 0 Å². The fraction of sp³-hybridized carbons (Fsp3) is 0.647. The van der Waals surface area contributed by atoms with Crippen molar-refractivity contribution < 1.29 is 9.13 Å². The molecule has 1 atom stereocenters. The fourth-order valence-electron chi connectivity index (χ4n) is 3.46. The molecule has 0 aromatic heterocycles. The number of hydrogen-bond acceptors (Lipinski definition) is 2. The highest BCUT2D eigenvalue weighted by Crippen LogP contribution is 2.39. The zero-order valence-electron chi connectivity index (χ0n) is 12.6. The standard InChI is InChI=1S/C17H26FNO/c1-3-4-12-5-7-13(8-6-12)17(19)15-11-14(18)9-10-16(15)20-2/h9-13,17H,3-8,19H2,1-2H3. The number of methoxy groups -OCH3 is 1. The Kier molecular flexibility index (Phi) is 5.41. The SMILES string of the molecule is CCCC1CCC(C(N)c2cc(F)ccc2OC)CC1. The molecule has 2 rings (SSSR count). The van der Waals surface area contributed by atoms with Crippen LogP contribution >= 0.6 is 0 Å². The van der Waals surface area contributed by atoms with Gasteiger partial charge in [-0.1, -0.05) is 32.6 Å². The van der Waals surface area contributed by atoms with Crippen molar-refractivity contribution in [2.24, 2.45) is 17.6 Å². The molecule has 1 aromatic rings. The molecule has 1 fully saturated rings. The van der Waals surface area contributed by atoms with E-state index in [1.165, 1.54) is 37.8 Å². The van der Waals surface area contributed by atoms with Crippen molar-refractivity contribution >= 4 is 0 Å². The van der Waals surface area contributed by atoms with Gasteiger partial charge in [-0.05, 0) is 42.9 Å². The second kappa shape index (κ2) is 7.07. The average molecular weight is 279 g/mol. The predicted molar refractivity (Wildman–Crippen MR) is 80.2 cm³/mol. The number of nitrogens with two attached hydrogens (primary N) is 1. The van der Waals surface area contributed by atoms with Crippen LogP contribution in [0.4, 0.5) is 4.39 Å². The number of rotatable bonds is 5. The van der Waals surface area contributed by atoms with Crippen LogP contribution in [0.25, 0.3) is 0 Å². The first-order chi connectivity index (χ1) is 9.65. The second-order valence-electron chi connectivity index (χ2n) is 5.98. The van der Waals surface area contributed by atoms with E-state index in [9.17, 15) is 4.39 Å². The molecule has 0 radical (unpaired) electrons. The van der Waals surface area contributed by atoms with E-state index in [4.69, 9.17) is 10.5 Å². The molecule has 1 saturated carbocycles. The van der Waals surface area contributed by atoms with Gasteiger partial charge in [-0.3, -0.25) is 0 Å². The van der Waals surface area contributed by atoms with Crippen molar-refractivity contribution in [3.63, 3.8) is 0 Å². The first kappa shape index (κ1) is 15.3. The summed E-state index contributed by atoms with van der Waals surface area (Å²) < 4.78 is 18.8. The Hall–Kier alpha value is -1.09. The maximum Gasteiger partial charge on any atom is 0.123 e.